The van der Waals surface area contributed by atoms with E-state index in [1.807, 2.05) is 48.6 Å². The Labute approximate surface area is 170 Å². The second-order valence-corrected chi connectivity index (χ2v) is 7.39. The molecule has 0 aliphatic carbocycles. The highest BCUT2D eigenvalue weighted by atomic mass is 16.5. The summed E-state index contributed by atoms with van der Waals surface area (Å²) in [5.74, 6) is 0.913. The fourth-order valence-electron chi connectivity index (χ4n) is 4.00. The highest BCUT2D eigenvalue weighted by Crippen LogP contribution is 2.25. The zero-order valence-corrected chi connectivity index (χ0v) is 17.5. The maximum atomic E-state index is 13.4. The number of piperazine rings is 1. The Morgan fingerprint density at radius 2 is 1.79 bits per heavy atom. The zero-order valence-electron chi connectivity index (χ0n) is 17.5. The van der Waals surface area contributed by atoms with Crippen molar-refractivity contribution in [1.82, 2.24) is 19.7 Å². The van der Waals surface area contributed by atoms with E-state index in [4.69, 9.17) is 4.74 Å². The minimum absolute atomic E-state index is 0.0635. The number of fused-ring (bicyclic) bond motifs is 1. The number of hydrogen-bond acceptors (Lipinski definition) is 5. The van der Waals surface area contributed by atoms with Crippen molar-refractivity contribution in [2.75, 3.05) is 38.2 Å². The fourth-order valence-corrected chi connectivity index (χ4v) is 4.00. The fraction of sp³-hybridized carbons (Fsp3) is 0.409. The van der Waals surface area contributed by atoms with Gasteiger partial charge in [-0.05, 0) is 51.1 Å². The first-order valence-electron chi connectivity index (χ1n) is 10.0. The molecule has 0 spiro atoms. The summed E-state index contributed by atoms with van der Waals surface area (Å²) in [5, 5.41) is 5.44. The number of rotatable bonds is 4. The number of methoxy groups -OCH3 is 1. The zero-order chi connectivity index (χ0) is 20.5. The molecule has 3 heterocycles. The quantitative estimate of drug-likeness (QED) is 0.682. The van der Waals surface area contributed by atoms with Gasteiger partial charge in [-0.15, -0.1) is 0 Å². The summed E-state index contributed by atoms with van der Waals surface area (Å²) in [4.78, 5) is 22.2. The number of aromatic nitrogens is 3. The predicted molar refractivity (Wildman–Crippen MR) is 114 cm³/mol. The molecule has 0 unspecified atom stereocenters. The van der Waals surface area contributed by atoms with Crippen LogP contribution in [0, 0.1) is 13.8 Å². The highest BCUT2D eigenvalue weighted by molar-refractivity contribution is 6.06. The number of anilines is 1. The molecule has 0 N–H and O–H groups in total. The van der Waals surface area contributed by atoms with Gasteiger partial charge in [0.1, 0.15) is 5.75 Å². The highest BCUT2D eigenvalue weighted by Gasteiger charge is 2.26. The maximum Gasteiger partial charge on any atom is 0.254 e. The van der Waals surface area contributed by atoms with E-state index in [0.717, 1.165) is 53.5 Å². The van der Waals surface area contributed by atoms with Crippen LogP contribution in [0.1, 0.15) is 28.7 Å². The first kappa shape index (κ1) is 19.2. The van der Waals surface area contributed by atoms with Gasteiger partial charge in [0.25, 0.3) is 5.91 Å². The van der Waals surface area contributed by atoms with Crippen LogP contribution >= 0.6 is 0 Å². The Morgan fingerprint density at radius 3 is 2.41 bits per heavy atom. The molecule has 0 radical (unpaired) electrons. The van der Waals surface area contributed by atoms with Crippen LogP contribution in [0.25, 0.3) is 11.0 Å². The van der Waals surface area contributed by atoms with Gasteiger partial charge in [-0.1, -0.05) is 0 Å². The van der Waals surface area contributed by atoms with Gasteiger partial charge in [-0.3, -0.25) is 4.79 Å². The molecule has 0 saturated carbocycles. The molecule has 1 saturated heterocycles. The summed E-state index contributed by atoms with van der Waals surface area (Å²) in [6.45, 7) is 9.63. The predicted octanol–water partition coefficient (Wildman–Crippen LogP) is 3.04. The summed E-state index contributed by atoms with van der Waals surface area (Å²) in [5.41, 5.74) is 4.36. The van der Waals surface area contributed by atoms with Crippen LogP contribution in [0.15, 0.2) is 30.3 Å². The van der Waals surface area contributed by atoms with Crippen LogP contribution in [0.3, 0.4) is 0 Å². The minimum Gasteiger partial charge on any atom is -0.497 e. The van der Waals surface area contributed by atoms with Gasteiger partial charge in [0.2, 0.25) is 0 Å². The number of benzene rings is 1. The molecule has 1 fully saturated rings. The van der Waals surface area contributed by atoms with Gasteiger partial charge in [0.15, 0.2) is 5.65 Å². The van der Waals surface area contributed by atoms with Crippen molar-refractivity contribution in [2.24, 2.45) is 0 Å². The lowest BCUT2D eigenvalue weighted by atomic mass is 10.1. The van der Waals surface area contributed by atoms with Crippen LogP contribution < -0.4 is 9.64 Å². The van der Waals surface area contributed by atoms with Crippen molar-refractivity contribution < 1.29 is 9.53 Å². The smallest absolute Gasteiger partial charge is 0.254 e. The lowest BCUT2D eigenvalue weighted by Crippen LogP contribution is -2.48. The van der Waals surface area contributed by atoms with Crippen molar-refractivity contribution >= 4 is 22.6 Å². The number of hydrogen-bond donors (Lipinski definition) is 0. The van der Waals surface area contributed by atoms with Gasteiger partial charge >= 0.3 is 0 Å². The molecule has 152 valence electrons. The first-order chi connectivity index (χ1) is 14.0. The van der Waals surface area contributed by atoms with Crippen molar-refractivity contribution in [3.63, 3.8) is 0 Å². The molecule has 4 rings (SSSR count). The first-order valence-corrected chi connectivity index (χ1v) is 10.0. The van der Waals surface area contributed by atoms with Crippen LogP contribution in [-0.2, 0) is 6.54 Å². The summed E-state index contributed by atoms with van der Waals surface area (Å²) in [6, 6.07) is 9.97. The molecule has 7 heteroatoms. The molecule has 3 aromatic rings. The Morgan fingerprint density at radius 1 is 1.10 bits per heavy atom. The average Bonchev–Trinajstić information content (AvgIpc) is 3.08. The Hall–Kier alpha value is -3.09. The largest absolute Gasteiger partial charge is 0.497 e. The molecule has 7 nitrogen and oxygen atoms in total. The van der Waals surface area contributed by atoms with E-state index in [1.165, 1.54) is 0 Å². The molecule has 0 atom stereocenters. The lowest BCUT2D eigenvalue weighted by Gasteiger charge is -2.36. The van der Waals surface area contributed by atoms with Crippen LogP contribution in [0.4, 0.5) is 5.69 Å². The summed E-state index contributed by atoms with van der Waals surface area (Å²) in [6.07, 6.45) is 0. The van der Waals surface area contributed by atoms with Gasteiger partial charge in [0.05, 0.1) is 23.8 Å². The van der Waals surface area contributed by atoms with E-state index in [9.17, 15) is 4.79 Å². The van der Waals surface area contributed by atoms with E-state index >= 15 is 0 Å². The molecule has 0 bridgehead atoms. The molecule has 1 amide bonds. The van der Waals surface area contributed by atoms with Crippen LogP contribution in [0.2, 0.25) is 0 Å². The maximum absolute atomic E-state index is 13.4. The Kier molecular flexibility index (Phi) is 5.13. The van der Waals surface area contributed by atoms with Crippen LogP contribution in [0.5, 0.6) is 5.75 Å². The molecule has 1 aromatic carbocycles. The number of ether oxygens (including phenoxy) is 1. The van der Waals surface area contributed by atoms with E-state index in [0.29, 0.717) is 18.7 Å². The van der Waals surface area contributed by atoms with Gasteiger partial charge in [-0.2, -0.15) is 5.10 Å². The molecular weight excluding hydrogens is 366 g/mol. The monoisotopic (exact) mass is 393 g/mol. The number of amides is 1. The second-order valence-electron chi connectivity index (χ2n) is 7.39. The van der Waals surface area contributed by atoms with Crippen LogP contribution in [-0.4, -0.2) is 58.9 Å². The molecule has 2 aromatic heterocycles. The van der Waals surface area contributed by atoms with E-state index in [-0.39, 0.29) is 5.91 Å². The third kappa shape index (κ3) is 3.52. The normalized spacial score (nSPS) is 14.5. The van der Waals surface area contributed by atoms with Gasteiger partial charge < -0.3 is 14.5 Å². The lowest BCUT2D eigenvalue weighted by molar-refractivity contribution is 0.0748. The summed E-state index contributed by atoms with van der Waals surface area (Å²) in [7, 11) is 1.67. The average molecular weight is 393 g/mol. The van der Waals surface area contributed by atoms with E-state index in [1.54, 1.807) is 7.11 Å². The Balaban J connectivity index is 1.55. The standard InChI is InChI=1S/C22H27N5O2/c1-5-27-21-20(16(3)24-27)19(14-15(2)23-21)22(28)26-12-10-25(11-13-26)17-6-8-18(29-4)9-7-17/h6-9,14H,5,10-13H2,1-4H3. The summed E-state index contributed by atoms with van der Waals surface area (Å²) < 4.78 is 7.11. The van der Waals surface area contributed by atoms with Crippen molar-refractivity contribution in [3.8, 4) is 5.75 Å². The third-order valence-electron chi connectivity index (χ3n) is 5.54. The number of aryl methyl sites for hydroxylation is 3. The number of carbonyl (C=O) groups is 1. The SMILES string of the molecule is CCn1nc(C)c2c(C(=O)N3CCN(c4ccc(OC)cc4)CC3)cc(C)nc21. The number of carbonyl (C=O) groups excluding carboxylic acids is 1. The second kappa shape index (κ2) is 7.73. The number of pyridine rings is 1. The molecule has 1 aliphatic rings. The Bertz CT molecular complexity index is 1030. The van der Waals surface area contributed by atoms with E-state index in [2.05, 4.69) is 27.1 Å². The van der Waals surface area contributed by atoms with Crippen molar-refractivity contribution in [3.05, 3.63) is 47.3 Å². The van der Waals surface area contributed by atoms with Gasteiger partial charge in [-0.25, -0.2) is 9.67 Å². The number of nitrogens with zero attached hydrogens (tertiary/aromatic N) is 5. The van der Waals surface area contributed by atoms with Gasteiger partial charge in [0, 0.05) is 44.1 Å². The van der Waals surface area contributed by atoms with Crippen molar-refractivity contribution in [2.45, 2.75) is 27.3 Å². The third-order valence-corrected chi connectivity index (χ3v) is 5.54. The molecule has 1 aliphatic heterocycles. The van der Waals surface area contributed by atoms with Crippen molar-refractivity contribution in [1.29, 1.82) is 0 Å². The molecular formula is C22H27N5O2. The topological polar surface area (TPSA) is 63.5 Å². The molecule has 29 heavy (non-hydrogen) atoms. The minimum atomic E-state index is 0.0635. The van der Waals surface area contributed by atoms with E-state index < -0.39 is 0 Å². The summed E-state index contributed by atoms with van der Waals surface area (Å²) >= 11 is 0.